The van der Waals surface area contributed by atoms with Gasteiger partial charge in [-0.25, -0.2) is 9.37 Å². The van der Waals surface area contributed by atoms with E-state index in [1.165, 1.54) is 24.1 Å². The maximum absolute atomic E-state index is 15.1. The number of hydrogen-bond acceptors (Lipinski definition) is 6. The Morgan fingerprint density at radius 2 is 1.76 bits per heavy atom. The zero-order valence-corrected chi connectivity index (χ0v) is 20.3. The predicted molar refractivity (Wildman–Crippen MR) is 138 cm³/mol. The Morgan fingerprint density at radius 3 is 2.51 bits per heavy atom. The molecule has 7 nitrogen and oxygen atoms in total. The maximum atomic E-state index is 15.1. The number of anilines is 1. The molecule has 2 aliphatic heterocycles. The maximum Gasteiger partial charge on any atom is 0.256 e. The molecule has 0 aliphatic carbocycles. The quantitative estimate of drug-likeness (QED) is 0.413. The van der Waals surface area contributed by atoms with Crippen molar-refractivity contribution in [2.24, 2.45) is 0 Å². The molecule has 2 fully saturated rings. The van der Waals surface area contributed by atoms with Gasteiger partial charge < -0.3 is 15.5 Å². The van der Waals surface area contributed by atoms with Gasteiger partial charge in [0, 0.05) is 47.9 Å². The van der Waals surface area contributed by atoms with E-state index in [2.05, 4.69) is 25.9 Å². The lowest BCUT2D eigenvalue weighted by molar-refractivity contribution is 0.0847. The van der Waals surface area contributed by atoms with Crippen LogP contribution in [0.5, 0.6) is 0 Å². The molecular weight excluding hydrogens is 476 g/mol. The molecule has 0 spiro atoms. The number of H-pyrrole nitrogens is 1. The van der Waals surface area contributed by atoms with E-state index < -0.39 is 17.3 Å². The van der Waals surface area contributed by atoms with Crippen LogP contribution in [0.2, 0.25) is 0 Å². The van der Waals surface area contributed by atoms with Crippen LogP contribution in [0.15, 0.2) is 47.4 Å². The fourth-order valence-electron chi connectivity index (χ4n) is 5.27. The van der Waals surface area contributed by atoms with Crippen molar-refractivity contribution in [1.82, 2.24) is 19.9 Å². The van der Waals surface area contributed by atoms with E-state index in [0.717, 1.165) is 57.4 Å². The van der Waals surface area contributed by atoms with E-state index in [4.69, 9.17) is 10.5 Å². The minimum Gasteiger partial charge on any atom is -0.382 e. The largest absolute Gasteiger partial charge is 0.382 e. The number of benzene rings is 2. The molecule has 0 saturated carbocycles. The number of nitrogens with zero attached hydrogens (tertiary/aromatic N) is 3. The van der Waals surface area contributed by atoms with E-state index in [1.807, 2.05) is 12.1 Å². The molecule has 6 rings (SSSR count). The molecule has 0 bridgehead atoms. The summed E-state index contributed by atoms with van der Waals surface area (Å²) in [6.45, 7) is 4.40. The van der Waals surface area contributed by atoms with E-state index in [0.29, 0.717) is 17.0 Å². The topological polar surface area (TPSA) is 97.1 Å². The van der Waals surface area contributed by atoms with Gasteiger partial charge in [0.2, 0.25) is 5.95 Å². The van der Waals surface area contributed by atoms with Crippen LogP contribution in [0.25, 0.3) is 33.3 Å². The summed E-state index contributed by atoms with van der Waals surface area (Å²) in [6, 6.07) is 10.6. The van der Waals surface area contributed by atoms with Crippen LogP contribution in [-0.2, 0) is 11.3 Å². The second-order valence-corrected chi connectivity index (χ2v) is 9.75. The molecule has 9 heteroatoms. The van der Waals surface area contributed by atoms with Crippen molar-refractivity contribution in [2.45, 2.75) is 31.7 Å². The summed E-state index contributed by atoms with van der Waals surface area (Å²) >= 11 is 0. The highest BCUT2D eigenvalue weighted by Gasteiger charge is 2.24. The summed E-state index contributed by atoms with van der Waals surface area (Å²) in [5.41, 5.74) is 9.47. The van der Waals surface area contributed by atoms with Crippen LogP contribution >= 0.6 is 0 Å². The summed E-state index contributed by atoms with van der Waals surface area (Å²) in [7, 11) is 0. The molecular formula is C28H27F2N5O2. The van der Waals surface area contributed by atoms with Gasteiger partial charge in [-0.15, -0.1) is 0 Å². The lowest BCUT2D eigenvalue weighted by Crippen LogP contribution is -2.36. The average Bonchev–Trinajstić information content (AvgIpc) is 2.89. The molecule has 4 aromatic rings. The number of ether oxygens (including phenoxy) is 1. The first kappa shape index (κ1) is 23.7. The highest BCUT2D eigenvalue weighted by atomic mass is 19.1. The zero-order chi connectivity index (χ0) is 25.5. The Balaban J connectivity index is 1.43. The molecule has 0 amide bonds. The van der Waals surface area contributed by atoms with Crippen LogP contribution in [-0.4, -0.2) is 46.2 Å². The second kappa shape index (κ2) is 9.64. The summed E-state index contributed by atoms with van der Waals surface area (Å²) in [5, 5.41) is 0.336. The van der Waals surface area contributed by atoms with Gasteiger partial charge in [-0.2, -0.15) is 9.37 Å². The number of halogens is 2. The van der Waals surface area contributed by atoms with E-state index in [9.17, 15) is 9.18 Å². The van der Waals surface area contributed by atoms with Crippen molar-refractivity contribution < 1.29 is 13.5 Å². The average molecular weight is 504 g/mol. The lowest BCUT2D eigenvalue weighted by Gasteiger charge is -2.33. The molecule has 2 saturated heterocycles. The van der Waals surface area contributed by atoms with Crippen LogP contribution in [0.1, 0.15) is 36.3 Å². The van der Waals surface area contributed by atoms with Crippen LogP contribution in [0, 0.1) is 11.8 Å². The number of rotatable bonds is 5. The SMILES string of the molecule is Nc1nc(F)c(-c2ccc(C3CCOCC3)c(CN3CCC3)c2)nc1-c1ccc2c(=O)[nH]cc(F)c2c1. The Labute approximate surface area is 212 Å². The van der Waals surface area contributed by atoms with E-state index >= 15 is 4.39 Å². The molecule has 190 valence electrons. The predicted octanol–water partition coefficient (Wildman–Crippen LogP) is 4.61. The summed E-state index contributed by atoms with van der Waals surface area (Å²) in [5.74, 6) is -1.04. The third-order valence-corrected chi connectivity index (χ3v) is 7.43. The molecule has 2 aromatic carbocycles. The molecule has 0 atom stereocenters. The van der Waals surface area contributed by atoms with E-state index in [1.54, 1.807) is 6.07 Å². The first-order chi connectivity index (χ1) is 18.0. The molecule has 3 N–H and O–H groups in total. The van der Waals surface area contributed by atoms with Gasteiger partial charge in [0.15, 0.2) is 5.82 Å². The van der Waals surface area contributed by atoms with Crippen molar-refractivity contribution in [2.75, 3.05) is 32.0 Å². The number of nitrogen functional groups attached to an aromatic ring is 1. The standard InChI is InChI=1S/C28H27F2N5O2/c29-23-14-32-28(36)21-5-3-18(13-22(21)23)25-27(31)34-26(30)24(33-25)17-2-4-20(16-6-10-37-11-7-16)19(12-17)15-35-8-1-9-35/h2-5,12-14,16H,1,6-11,15H2,(H2,31,34)(H,32,36). The van der Waals surface area contributed by atoms with Crippen LogP contribution < -0.4 is 11.3 Å². The normalized spacial score (nSPS) is 16.7. The number of pyridine rings is 1. The third-order valence-electron chi connectivity index (χ3n) is 7.43. The molecule has 37 heavy (non-hydrogen) atoms. The number of likely N-dealkylation sites (tertiary alicyclic amines) is 1. The summed E-state index contributed by atoms with van der Waals surface area (Å²) in [6.07, 6.45) is 4.13. The fraction of sp³-hybridized carbons (Fsp3) is 0.321. The number of nitrogens with two attached hydrogens (primary N) is 1. The van der Waals surface area contributed by atoms with Gasteiger partial charge in [-0.1, -0.05) is 18.2 Å². The number of nitrogens with one attached hydrogen (secondary N) is 1. The van der Waals surface area contributed by atoms with Crippen LogP contribution in [0.4, 0.5) is 14.6 Å². The molecule has 0 radical (unpaired) electrons. The smallest absolute Gasteiger partial charge is 0.256 e. The third kappa shape index (κ3) is 4.49. The van der Waals surface area contributed by atoms with Gasteiger partial charge in [-0.3, -0.25) is 9.69 Å². The van der Waals surface area contributed by atoms with Crippen molar-refractivity contribution in [3.63, 3.8) is 0 Å². The number of aromatic nitrogens is 3. The fourth-order valence-corrected chi connectivity index (χ4v) is 5.27. The highest BCUT2D eigenvalue weighted by molar-refractivity contribution is 5.88. The van der Waals surface area contributed by atoms with Crippen molar-refractivity contribution in [3.8, 4) is 22.5 Å². The van der Waals surface area contributed by atoms with Gasteiger partial charge in [-0.05, 0) is 67.6 Å². The van der Waals surface area contributed by atoms with Gasteiger partial charge >= 0.3 is 0 Å². The Bertz CT molecular complexity index is 1540. The van der Waals surface area contributed by atoms with Crippen molar-refractivity contribution in [3.05, 3.63) is 75.8 Å². The molecule has 4 heterocycles. The molecule has 0 unspecified atom stereocenters. The Kier molecular flexibility index (Phi) is 6.18. The Morgan fingerprint density at radius 1 is 1.00 bits per heavy atom. The molecule has 2 aromatic heterocycles. The van der Waals surface area contributed by atoms with Gasteiger partial charge in [0.25, 0.3) is 5.56 Å². The monoisotopic (exact) mass is 503 g/mol. The van der Waals surface area contributed by atoms with Crippen molar-refractivity contribution in [1.29, 1.82) is 0 Å². The summed E-state index contributed by atoms with van der Waals surface area (Å²) in [4.78, 5) is 25.3. The lowest BCUT2D eigenvalue weighted by atomic mass is 9.86. The van der Waals surface area contributed by atoms with Gasteiger partial charge in [0.1, 0.15) is 17.2 Å². The minimum absolute atomic E-state index is 0.0825. The Hall–Kier alpha value is -3.69. The van der Waals surface area contributed by atoms with Crippen LogP contribution in [0.3, 0.4) is 0 Å². The van der Waals surface area contributed by atoms with E-state index in [-0.39, 0.29) is 28.0 Å². The highest BCUT2D eigenvalue weighted by Crippen LogP contribution is 2.35. The minimum atomic E-state index is -0.765. The second-order valence-electron chi connectivity index (χ2n) is 9.75. The number of fused-ring (bicyclic) bond motifs is 1. The summed E-state index contributed by atoms with van der Waals surface area (Å²) < 4.78 is 35.1. The zero-order valence-electron chi connectivity index (χ0n) is 20.3. The number of hydrogen-bond donors (Lipinski definition) is 2. The molecule has 2 aliphatic rings. The van der Waals surface area contributed by atoms with Gasteiger partial charge in [0.05, 0.1) is 0 Å². The first-order valence-corrected chi connectivity index (χ1v) is 12.6. The number of aromatic amines is 1. The first-order valence-electron chi connectivity index (χ1n) is 12.6. The van der Waals surface area contributed by atoms with Crippen molar-refractivity contribution >= 4 is 16.6 Å².